The number of nitrogens with zero attached hydrogens (tertiary/aromatic N) is 1. The topological polar surface area (TPSA) is 55.6 Å². The molecule has 3 atom stereocenters. The van der Waals surface area contributed by atoms with E-state index in [9.17, 15) is 4.79 Å². The summed E-state index contributed by atoms with van der Waals surface area (Å²) in [6.07, 6.45) is 0.453. The SMILES string of the molecule is CC1CN(C(=O)CC(N)c2ccccc2)C(C)CO1.Cl. The predicted molar refractivity (Wildman–Crippen MR) is 81.8 cm³/mol. The fourth-order valence-electron chi connectivity index (χ4n) is 2.37. The van der Waals surface area contributed by atoms with Crippen LogP contribution in [0.25, 0.3) is 0 Å². The zero-order valence-corrected chi connectivity index (χ0v) is 12.8. The molecule has 1 aromatic rings. The quantitative estimate of drug-likeness (QED) is 0.930. The van der Waals surface area contributed by atoms with E-state index in [1.165, 1.54) is 0 Å². The first-order chi connectivity index (χ1) is 9.08. The molecule has 2 N–H and O–H groups in total. The van der Waals surface area contributed by atoms with Crippen molar-refractivity contribution in [3.8, 4) is 0 Å². The van der Waals surface area contributed by atoms with Crippen LogP contribution in [-0.2, 0) is 9.53 Å². The molecule has 4 nitrogen and oxygen atoms in total. The Bertz CT molecular complexity index is 427. The van der Waals surface area contributed by atoms with Gasteiger partial charge in [0.05, 0.1) is 18.8 Å². The van der Waals surface area contributed by atoms with Gasteiger partial charge in [0, 0.05) is 19.0 Å². The minimum atomic E-state index is -0.237. The smallest absolute Gasteiger partial charge is 0.224 e. The molecular formula is C15H23ClN2O2. The lowest BCUT2D eigenvalue weighted by Gasteiger charge is -2.37. The van der Waals surface area contributed by atoms with Crippen molar-refractivity contribution in [2.45, 2.75) is 38.5 Å². The molecule has 1 heterocycles. The number of carbonyl (C=O) groups is 1. The van der Waals surface area contributed by atoms with Crippen molar-refractivity contribution < 1.29 is 9.53 Å². The van der Waals surface area contributed by atoms with Crippen LogP contribution in [0, 0.1) is 0 Å². The maximum atomic E-state index is 12.3. The second-order valence-corrected chi connectivity index (χ2v) is 5.26. The van der Waals surface area contributed by atoms with Crippen LogP contribution in [0.4, 0.5) is 0 Å². The molecular weight excluding hydrogens is 276 g/mol. The Morgan fingerprint density at radius 3 is 2.70 bits per heavy atom. The first-order valence-electron chi connectivity index (χ1n) is 6.79. The highest BCUT2D eigenvalue weighted by Crippen LogP contribution is 2.18. The van der Waals surface area contributed by atoms with Gasteiger partial charge in [0.15, 0.2) is 0 Å². The molecule has 0 aromatic heterocycles. The van der Waals surface area contributed by atoms with Crippen LogP contribution in [0.2, 0.25) is 0 Å². The van der Waals surface area contributed by atoms with Crippen molar-refractivity contribution in [1.29, 1.82) is 0 Å². The second kappa shape index (κ2) is 7.62. The number of hydrogen-bond acceptors (Lipinski definition) is 3. The molecule has 1 aromatic carbocycles. The molecule has 1 saturated heterocycles. The summed E-state index contributed by atoms with van der Waals surface area (Å²) in [4.78, 5) is 14.2. The molecule has 112 valence electrons. The van der Waals surface area contributed by atoms with Gasteiger partial charge >= 0.3 is 0 Å². The standard InChI is InChI=1S/C15H22N2O2.ClH/c1-11-10-19-12(2)9-17(11)15(18)8-14(16)13-6-4-3-5-7-13;/h3-7,11-12,14H,8-10,16H2,1-2H3;1H. The lowest BCUT2D eigenvalue weighted by atomic mass is 10.0. The lowest BCUT2D eigenvalue weighted by molar-refractivity contribution is -0.143. The maximum Gasteiger partial charge on any atom is 0.224 e. The zero-order valence-electron chi connectivity index (χ0n) is 12.0. The summed E-state index contributed by atoms with van der Waals surface area (Å²) in [6, 6.07) is 9.65. The van der Waals surface area contributed by atoms with Crippen molar-refractivity contribution in [3.63, 3.8) is 0 Å². The van der Waals surface area contributed by atoms with Crippen LogP contribution in [0.1, 0.15) is 31.9 Å². The van der Waals surface area contributed by atoms with Gasteiger partial charge in [0.1, 0.15) is 0 Å². The Labute approximate surface area is 126 Å². The van der Waals surface area contributed by atoms with Gasteiger partial charge < -0.3 is 15.4 Å². The van der Waals surface area contributed by atoms with Gasteiger partial charge in [-0.1, -0.05) is 30.3 Å². The van der Waals surface area contributed by atoms with E-state index in [1.807, 2.05) is 49.1 Å². The fourth-order valence-corrected chi connectivity index (χ4v) is 2.37. The minimum absolute atomic E-state index is 0. The molecule has 5 heteroatoms. The Hall–Kier alpha value is -1.10. The summed E-state index contributed by atoms with van der Waals surface area (Å²) in [7, 11) is 0. The van der Waals surface area contributed by atoms with E-state index in [0.717, 1.165) is 5.56 Å². The molecule has 1 amide bonds. The van der Waals surface area contributed by atoms with E-state index in [1.54, 1.807) is 0 Å². The third kappa shape index (κ3) is 4.20. The number of rotatable bonds is 3. The summed E-state index contributed by atoms with van der Waals surface area (Å²) in [6.45, 7) is 5.26. The van der Waals surface area contributed by atoms with E-state index >= 15 is 0 Å². The summed E-state index contributed by atoms with van der Waals surface area (Å²) < 4.78 is 5.53. The number of nitrogens with two attached hydrogens (primary N) is 1. The molecule has 0 bridgehead atoms. The number of amides is 1. The van der Waals surface area contributed by atoms with Crippen molar-refractivity contribution in [2.75, 3.05) is 13.2 Å². The van der Waals surface area contributed by atoms with Gasteiger partial charge in [-0.25, -0.2) is 0 Å². The van der Waals surface area contributed by atoms with Crippen LogP contribution in [0.3, 0.4) is 0 Å². The molecule has 3 unspecified atom stereocenters. The molecule has 0 radical (unpaired) electrons. The fraction of sp³-hybridized carbons (Fsp3) is 0.533. The van der Waals surface area contributed by atoms with Gasteiger partial charge in [-0.15, -0.1) is 12.4 Å². The van der Waals surface area contributed by atoms with E-state index in [4.69, 9.17) is 10.5 Å². The van der Waals surface area contributed by atoms with Crippen LogP contribution in [0.15, 0.2) is 30.3 Å². The van der Waals surface area contributed by atoms with Gasteiger partial charge in [-0.05, 0) is 19.4 Å². The highest BCUT2D eigenvalue weighted by Gasteiger charge is 2.28. The normalized spacial score (nSPS) is 23.9. The van der Waals surface area contributed by atoms with Gasteiger partial charge in [-0.2, -0.15) is 0 Å². The molecule has 0 saturated carbocycles. The number of benzene rings is 1. The van der Waals surface area contributed by atoms with Gasteiger partial charge in [0.25, 0.3) is 0 Å². The summed E-state index contributed by atoms with van der Waals surface area (Å²) >= 11 is 0. The molecule has 1 fully saturated rings. The first-order valence-corrected chi connectivity index (χ1v) is 6.79. The molecule has 2 rings (SSSR count). The highest BCUT2D eigenvalue weighted by molar-refractivity contribution is 5.85. The predicted octanol–water partition coefficient (Wildman–Crippen LogP) is 2.13. The number of carbonyl (C=O) groups excluding carboxylic acids is 1. The monoisotopic (exact) mass is 298 g/mol. The van der Waals surface area contributed by atoms with E-state index < -0.39 is 0 Å². The third-order valence-corrected chi connectivity index (χ3v) is 3.55. The summed E-state index contributed by atoms with van der Waals surface area (Å²) in [5, 5.41) is 0. The Kier molecular flexibility index (Phi) is 6.46. The second-order valence-electron chi connectivity index (χ2n) is 5.26. The average molecular weight is 299 g/mol. The van der Waals surface area contributed by atoms with Crippen molar-refractivity contribution in [2.24, 2.45) is 5.73 Å². The van der Waals surface area contributed by atoms with E-state index in [2.05, 4.69) is 0 Å². The average Bonchev–Trinajstić information content (AvgIpc) is 2.42. The Morgan fingerprint density at radius 2 is 2.05 bits per heavy atom. The lowest BCUT2D eigenvalue weighted by Crippen LogP contribution is -2.50. The van der Waals surface area contributed by atoms with E-state index in [-0.39, 0.29) is 36.5 Å². The van der Waals surface area contributed by atoms with Crippen LogP contribution in [-0.4, -0.2) is 36.1 Å². The van der Waals surface area contributed by atoms with Gasteiger partial charge in [0.2, 0.25) is 5.91 Å². The third-order valence-electron chi connectivity index (χ3n) is 3.55. The van der Waals surface area contributed by atoms with Crippen molar-refractivity contribution in [1.82, 2.24) is 4.90 Å². The number of ether oxygens (including phenoxy) is 1. The molecule has 0 spiro atoms. The van der Waals surface area contributed by atoms with Crippen molar-refractivity contribution >= 4 is 18.3 Å². The highest BCUT2D eigenvalue weighted by atomic mass is 35.5. The zero-order chi connectivity index (χ0) is 13.8. The molecule has 1 aliphatic heterocycles. The molecule has 0 aliphatic carbocycles. The summed E-state index contributed by atoms with van der Waals surface area (Å²) in [5.74, 6) is 0.110. The van der Waals surface area contributed by atoms with E-state index in [0.29, 0.717) is 19.6 Å². The largest absolute Gasteiger partial charge is 0.375 e. The minimum Gasteiger partial charge on any atom is -0.375 e. The van der Waals surface area contributed by atoms with Crippen LogP contribution in [0.5, 0.6) is 0 Å². The maximum absolute atomic E-state index is 12.3. The summed E-state index contributed by atoms with van der Waals surface area (Å²) in [5.41, 5.74) is 7.11. The van der Waals surface area contributed by atoms with Crippen molar-refractivity contribution in [3.05, 3.63) is 35.9 Å². The Balaban J connectivity index is 0.00000200. The number of morpholine rings is 1. The Morgan fingerprint density at radius 1 is 1.40 bits per heavy atom. The van der Waals surface area contributed by atoms with Gasteiger partial charge in [-0.3, -0.25) is 4.79 Å². The molecule has 1 aliphatic rings. The number of halogens is 1. The molecule has 20 heavy (non-hydrogen) atoms. The van der Waals surface area contributed by atoms with Crippen LogP contribution < -0.4 is 5.73 Å². The number of hydrogen-bond donors (Lipinski definition) is 1. The first kappa shape index (κ1) is 17.0. The van der Waals surface area contributed by atoms with Crippen LogP contribution >= 0.6 is 12.4 Å².